The maximum Gasteiger partial charge on any atom is 0.150 e. The van der Waals surface area contributed by atoms with Gasteiger partial charge in [0.1, 0.15) is 17.6 Å². The highest BCUT2D eigenvalue weighted by Gasteiger charge is 2.69. The molecule has 25 heavy (non-hydrogen) atoms. The van der Waals surface area contributed by atoms with Crippen LogP contribution in [0.5, 0.6) is 0 Å². The van der Waals surface area contributed by atoms with Crippen LogP contribution in [0.2, 0.25) is 0 Å². The van der Waals surface area contributed by atoms with E-state index in [0.717, 1.165) is 25.7 Å². The van der Waals surface area contributed by atoms with Crippen LogP contribution in [0.1, 0.15) is 72.1 Å². The maximum atomic E-state index is 15.9. The van der Waals surface area contributed by atoms with Gasteiger partial charge in [-0.05, 0) is 75.0 Å². The molecule has 2 unspecified atom stereocenters. The van der Waals surface area contributed by atoms with E-state index in [2.05, 4.69) is 6.92 Å². The maximum absolute atomic E-state index is 15.9. The number of carbonyl (C=O) groups is 1. The second kappa shape index (κ2) is 5.50. The molecule has 0 heterocycles. The standard InChI is InChI=1S/C21H32F2O2/c1-12(24)15-4-5-16-14-10-18(22)21(23)11-13(25)6-9-20(21,3)17(14)7-8-19(15,16)2/h13-18,25H,4-11H2,1-3H3/t13-,14-,15+,16-,17-,18?,19+,20+,21?/m0/s1. The summed E-state index contributed by atoms with van der Waals surface area (Å²) in [5.74, 6) is 1.06. The van der Waals surface area contributed by atoms with Crippen LogP contribution < -0.4 is 0 Å². The largest absolute Gasteiger partial charge is 0.393 e. The number of rotatable bonds is 1. The van der Waals surface area contributed by atoms with Crippen molar-refractivity contribution in [2.24, 2.45) is 34.5 Å². The summed E-state index contributed by atoms with van der Waals surface area (Å²) in [6.07, 6.45) is 2.91. The number of ketones is 1. The Morgan fingerprint density at radius 3 is 2.48 bits per heavy atom. The van der Waals surface area contributed by atoms with E-state index in [1.807, 2.05) is 6.92 Å². The van der Waals surface area contributed by atoms with Gasteiger partial charge in [-0.2, -0.15) is 0 Å². The van der Waals surface area contributed by atoms with E-state index in [1.54, 1.807) is 6.92 Å². The van der Waals surface area contributed by atoms with Crippen molar-refractivity contribution in [1.29, 1.82) is 0 Å². The predicted molar refractivity (Wildman–Crippen MR) is 92.5 cm³/mol. The lowest BCUT2D eigenvalue weighted by atomic mass is 9.43. The van der Waals surface area contributed by atoms with E-state index in [1.165, 1.54) is 0 Å². The van der Waals surface area contributed by atoms with Crippen molar-refractivity contribution < 1.29 is 18.7 Å². The fraction of sp³-hybridized carbons (Fsp3) is 0.952. The number of carbonyl (C=O) groups excluding carboxylic acids is 1. The first-order chi connectivity index (χ1) is 11.6. The van der Waals surface area contributed by atoms with Crippen molar-refractivity contribution in [3.63, 3.8) is 0 Å². The summed E-state index contributed by atoms with van der Waals surface area (Å²) in [4.78, 5) is 12.1. The highest BCUT2D eigenvalue weighted by atomic mass is 19.2. The normalized spacial score (nSPS) is 58.2. The van der Waals surface area contributed by atoms with Crippen molar-refractivity contribution in [3.8, 4) is 0 Å². The van der Waals surface area contributed by atoms with Crippen LogP contribution in [0.15, 0.2) is 0 Å². The van der Waals surface area contributed by atoms with E-state index in [4.69, 9.17) is 0 Å². The molecule has 0 radical (unpaired) electrons. The van der Waals surface area contributed by atoms with Gasteiger partial charge in [-0.15, -0.1) is 0 Å². The fourth-order valence-corrected chi connectivity index (χ4v) is 7.83. The van der Waals surface area contributed by atoms with E-state index < -0.39 is 23.4 Å². The Morgan fingerprint density at radius 1 is 1.08 bits per heavy atom. The van der Waals surface area contributed by atoms with Crippen LogP contribution in [0.3, 0.4) is 0 Å². The Kier molecular flexibility index (Phi) is 3.93. The summed E-state index contributed by atoms with van der Waals surface area (Å²) in [6.45, 7) is 5.87. The molecule has 4 aliphatic rings. The number of aliphatic hydroxyl groups excluding tert-OH is 1. The van der Waals surface area contributed by atoms with E-state index in [0.29, 0.717) is 18.8 Å². The monoisotopic (exact) mass is 354 g/mol. The van der Waals surface area contributed by atoms with Crippen LogP contribution >= 0.6 is 0 Å². The summed E-state index contributed by atoms with van der Waals surface area (Å²) in [5.41, 5.74) is -2.60. The number of hydrogen-bond acceptors (Lipinski definition) is 2. The highest BCUT2D eigenvalue weighted by Crippen LogP contribution is 2.69. The molecule has 0 aromatic rings. The van der Waals surface area contributed by atoms with Gasteiger partial charge in [-0.1, -0.05) is 13.8 Å². The van der Waals surface area contributed by atoms with Gasteiger partial charge < -0.3 is 5.11 Å². The molecule has 4 aliphatic carbocycles. The van der Waals surface area contributed by atoms with Crippen molar-refractivity contribution in [2.45, 2.75) is 90.1 Å². The molecule has 4 fully saturated rings. The number of Topliss-reactive ketones (excluding diaryl/α,β-unsaturated/α-hetero) is 1. The number of aliphatic hydroxyl groups is 1. The molecule has 2 nitrogen and oxygen atoms in total. The van der Waals surface area contributed by atoms with E-state index in [-0.39, 0.29) is 41.8 Å². The van der Waals surface area contributed by atoms with Gasteiger partial charge in [0.2, 0.25) is 0 Å². The minimum Gasteiger partial charge on any atom is -0.393 e. The molecule has 4 saturated carbocycles. The first-order valence-corrected chi connectivity index (χ1v) is 10.1. The Bertz CT molecular complexity index is 580. The third kappa shape index (κ3) is 2.18. The molecular weight excluding hydrogens is 322 g/mol. The lowest BCUT2D eigenvalue weighted by Gasteiger charge is -2.63. The first kappa shape index (κ1) is 17.9. The summed E-state index contributed by atoms with van der Waals surface area (Å²) >= 11 is 0. The lowest BCUT2D eigenvalue weighted by Crippen LogP contribution is -2.65. The lowest BCUT2D eigenvalue weighted by molar-refractivity contribution is -0.215. The molecule has 0 aliphatic heterocycles. The quantitative estimate of drug-likeness (QED) is 0.745. The van der Waals surface area contributed by atoms with Gasteiger partial charge in [0, 0.05) is 17.8 Å². The molecule has 9 atom stereocenters. The topological polar surface area (TPSA) is 37.3 Å². The van der Waals surface area contributed by atoms with Crippen LogP contribution in [0, 0.1) is 34.5 Å². The van der Waals surface area contributed by atoms with Gasteiger partial charge in [0.05, 0.1) is 6.10 Å². The number of halogens is 2. The average Bonchev–Trinajstić information content (AvgIpc) is 2.88. The molecule has 0 spiro atoms. The van der Waals surface area contributed by atoms with E-state index >= 15 is 8.78 Å². The molecule has 0 bridgehead atoms. The van der Waals surface area contributed by atoms with Crippen LogP contribution in [-0.2, 0) is 4.79 Å². The molecule has 0 saturated heterocycles. The average molecular weight is 354 g/mol. The minimum atomic E-state index is -1.89. The van der Waals surface area contributed by atoms with Gasteiger partial charge in [0.15, 0.2) is 0 Å². The Balaban J connectivity index is 1.69. The van der Waals surface area contributed by atoms with E-state index in [9.17, 15) is 9.90 Å². The molecule has 1 N–H and O–H groups in total. The SMILES string of the molecule is CC(=O)[C@H]1CC[C@H]2[C@@H]3CC(F)C4(F)C[C@@H](O)CC[C@]4(C)[C@H]3CC[C@]12C. The summed E-state index contributed by atoms with van der Waals surface area (Å²) in [5, 5.41) is 9.98. The molecule has 0 aromatic heterocycles. The number of fused-ring (bicyclic) bond motifs is 5. The molecule has 142 valence electrons. The molecular formula is C21H32F2O2. The minimum absolute atomic E-state index is 0.0342. The zero-order chi connectivity index (χ0) is 18.2. The fourth-order valence-electron chi connectivity index (χ4n) is 7.83. The summed E-state index contributed by atoms with van der Waals surface area (Å²) < 4.78 is 31.0. The summed E-state index contributed by atoms with van der Waals surface area (Å²) in [7, 11) is 0. The molecule has 0 aromatic carbocycles. The number of alkyl halides is 2. The third-order valence-electron chi connectivity index (χ3n) is 9.20. The predicted octanol–water partition coefficient (Wildman–Crippen LogP) is 4.64. The van der Waals surface area contributed by atoms with Crippen LogP contribution in [-0.4, -0.2) is 28.8 Å². The molecule has 4 rings (SSSR count). The van der Waals surface area contributed by atoms with Crippen LogP contribution in [0.25, 0.3) is 0 Å². The second-order valence-electron chi connectivity index (χ2n) is 10.0. The van der Waals surface area contributed by atoms with Gasteiger partial charge in [0.25, 0.3) is 0 Å². The van der Waals surface area contributed by atoms with Crippen molar-refractivity contribution in [3.05, 3.63) is 0 Å². The Morgan fingerprint density at radius 2 is 1.80 bits per heavy atom. The van der Waals surface area contributed by atoms with Crippen molar-refractivity contribution >= 4 is 5.78 Å². The highest BCUT2D eigenvalue weighted by molar-refractivity contribution is 5.79. The zero-order valence-electron chi connectivity index (χ0n) is 15.7. The van der Waals surface area contributed by atoms with Gasteiger partial charge >= 0.3 is 0 Å². The Hall–Kier alpha value is -0.510. The van der Waals surface area contributed by atoms with Gasteiger partial charge in [-0.3, -0.25) is 4.79 Å². The zero-order valence-corrected chi connectivity index (χ0v) is 15.7. The van der Waals surface area contributed by atoms with Crippen LogP contribution in [0.4, 0.5) is 8.78 Å². The first-order valence-electron chi connectivity index (χ1n) is 10.1. The Labute approximate surface area is 149 Å². The molecule has 0 amide bonds. The van der Waals surface area contributed by atoms with Crippen molar-refractivity contribution in [1.82, 2.24) is 0 Å². The number of hydrogen-bond donors (Lipinski definition) is 1. The smallest absolute Gasteiger partial charge is 0.150 e. The van der Waals surface area contributed by atoms with Crippen molar-refractivity contribution in [2.75, 3.05) is 0 Å². The molecule has 4 heteroatoms. The second-order valence-corrected chi connectivity index (χ2v) is 10.0. The van der Waals surface area contributed by atoms with Gasteiger partial charge in [-0.25, -0.2) is 8.78 Å². The third-order valence-corrected chi connectivity index (χ3v) is 9.20. The summed E-state index contributed by atoms with van der Waals surface area (Å²) in [6, 6.07) is 0.